The largest absolute Gasteiger partial charge is 0.389 e. The third kappa shape index (κ3) is 2.09. The van der Waals surface area contributed by atoms with Crippen LogP contribution >= 0.6 is 0 Å². The molecule has 1 aromatic rings. The summed E-state index contributed by atoms with van der Waals surface area (Å²) in [5.74, 6) is 0.800. The lowest BCUT2D eigenvalue weighted by Crippen LogP contribution is -2.21. The van der Waals surface area contributed by atoms with Crippen LogP contribution in [-0.2, 0) is 0 Å². The van der Waals surface area contributed by atoms with Crippen LogP contribution in [0.5, 0.6) is 0 Å². The number of rotatable bonds is 2. The molecule has 1 fully saturated rings. The van der Waals surface area contributed by atoms with Crippen molar-refractivity contribution in [3.8, 4) is 0 Å². The molecule has 2 rings (SSSR count). The Labute approximate surface area is 90.0 Å². The fourth-order valence-electron chi connectivity index (χ4n) is 1.94. The average Bonchev–Trinajstić information content (AvgIpc) is 2.69. The van der Waals surface area contributed by atoms with Gasteiger partial charge in [-0.15, -0.1) is 0 Å². The van der Waals surface area contributed by atoms with E-state index in [1.165, 1.54) is 12.8 Å². The molecule has 4 nitrogen and oxygen atoms in total. The minimum absolute atomic E-state index is 0.488. The molecule has 1 atom stereocenters. The molecule has 1 aliphatic heterocycles. The van der Waals surface area contributed by atoms with Gasteiger partial charge in [0.1, 0.15) is 0 Å². The first kappa shape index (κ1) is 10.4. The minimum Gasteiger partial charge on any atom is -0.389 e. The van der Waals surface area contributed by atoms with Gasteiger partial charge in [0.25, 0.3) is 0 Å². The lowest BCUT2D eigenvalue weighted by molar-refractivity contribution is 0.197. The van der Waals surface area contributed by atoms with Crippen molar-refractivity contribution in [2.45, 2.75) is 32.8 Å². The zero-order valence-electron chi connectivity index (χ0n) is 9.27. The number of anilines is 1. The van der Waals surface area contributed by atoms with Crippen LogP contribution in [-0.4, -0.2) is 28.2 Å². The number of aromatic nitrogens is 2. The molecule has 1 aromatic heterocycles. The van der Waals surface area contributed by atoms with Gasteiger partial charge in [-0.05, 0) is 26.7 Å². The number of aliphatic hydroxyl groups excluding tert-OH is 1. The molecule has 0 amide bonds. The summed E-state index contributed by atoms with van der Waals surface area (Å²) < 4.78 is 0. The number of aliphatic hydroxyl groups is 1. The lowest BCUT2D eigenvalue weighted by Gasteiger charge is -2.16. The molecule has 1 N–H and O–H groups in total. The van der Waals surface area contributed by atoms with E-state index in [4.69, 9.17) is 0 Å². The second-order valence-corrected chi connectivity index (χ2v) is 4.08. The van der Waals surface area contributed by atoms with Gasteiger partial charge in [0, 0.05) is 30.5 Å². The van der Waals surface area contributed by atoms with Crippen molar-refractivity contribution in [1.29, 1.82) is 0 Å². The first-order valence-electron chi connectivity index (χ1n) is 5.45. The summed E-state index contributed by atoms with van der Waals surface area (Å²) in [6.07, 6.45) is 3.69. The second-order valence-electron chi connectivity index (χ2n) is 4.08. The average molecular weight is 207 g/mol. The molecular weight excluding hydrogens is 190 g/mol. The normalized spacial score (nSPS) is 18.2. The molecule has 15 heavy (non-hydrogen) atoms. The summed E-state index contributed by atoms with van der Waals surface area (Å²) in [5, 5.41) is 9.47. The van der Waals surface area contributed by atoms with E-state index in [2.05, 4.69) is 14.9 Å². The maximum Gasteiger partial charge on any atom is 0.225 e. The number of hydrogen-bond donors (Lipinski definition) is 1. The van der Waals surface area contributed by atoms with E-state index >= 15 is 0 Å². The van der Waals surface area contributed by atoms with Crippen LogP contribution in [0, 0.1) is 6.92 Å². The molecule has 4 heteroatoms. The molecule has 0 radical (unpaired) electrons. The highest BCUT2D eigenvalue weighted by Crippen LogP contribution is 2.19. The summed E-state index contributed by atoms with van der Waals surface area (Å²) in [7, 11) is 0. The van der Waals surface area contributed by atoms with Gasteiger partial charge in [0.15, 0.2) is 0 Å². The van der Waals surface area contributed by atoms with Gasteiger partial charge in [0.05, 0.1) is 6.10 Å². The molecule has 82 valence electrons. The summed E-state index contributed by atoms with van der Waals surface area (Å²) >= 11 is 0. The Balaban J connectivity index is 2.24. The van der Waals surface area contributed by atoms with E-state index in [-0.39, 0.29) is 0 Å². The zero-order chi connectivity index (χ0) is 10.8. The first-order chi connectivity index (χ1) is 7.18. The third-order valence-corrected chi connectivity index (χ3v) is 2.84. The van der Waals surface area contributed by atoms with Gasteiger partial charge in [-0.1, -0.05) is 0 Å². The standard InChI is InChI=1S/C11H17N3O/c1-8-10(9(2)15)7-12-11(13-8)14-5-3-4-6-14/h7,9,15H,3-6H2,1-2H3/t9-/m0/s1. The Morgan fingerprint density at radius 3 is 2.60 bits per heavy atom. The Kier molecular flexibility index (Phi) is 2.86. The van der Waals surface area contributed by atoms with Crippen molar-refractivity contribution in [1.82, 2.24) is 9.97 Å². The zero-order valence-corrected chi connectivity index (χ0v) is 9.27. The maximum atomic E-state index is 9.47. The molecule has 0 saturated carbocycles. The van der Waals surface area contributed by atoms with Crippen molar-refractivity contribution < 1.29 is 5.11 Å². The van der Waals surface area contributed by atoms with Gasteiger partial charge in [0.2, 0.25) is 5.95 Å². The van der Waals surface area contributed by atoms with E-state index in [1.54, 1.807) is 13.1 Å². The SMILES string of the molecule is Cc1nc(N2CCCC2)ncc1[C@H](C)O. The highest BCUT2D eigenvalue weighted by molar-refractivity contribution is 5.34. The number of nitrogens with zero attached hydrogens (tertiary/aromatic N) is 3. The van der Waals surface area contributed by atoms with Crippen molar-refractivity contribution in [3.05, 3.63) is 17.5 Å². The Bertz CT molecular complexity index is 346. The van der Waals surface area contributed by atoms with Gasteiger partial charge in [-0.2, -0.15) is 0 Å². The summed E-state index contributed by atoms with van der Waals surface area (Å²) in [4.78, 5) is 10.9. The van der Waals surface area contributed by atoms with E-state index in [1.807, 2.05) is 6.92 Å². The predicted octanol–water partition coefficient (Wildman–Crippen LogP) is 1.44. The molecule has 0 bridgehead atoms. The third-order valence-electron chi connectivity index (χ3n) is 2.84. The molecule has 0 unspecified atom stereocenters. The molecule has 0 aromatic carbocycles. The predicted molar refractivity (Wildman–Crippen MR) is 58.8 cm³/mol. The Hall–Kier alpha value is -1.16. The second kappa shape index (κ2) is 4.14. The van der Waals surface area contributed by atoms with Crippen LogP contribution in [0.25, 0.3) is 0 Å². The molecule has 0 spiro atoms. The van der Waals surface area contributed by atoms with E-state index < -0.39 is 6.10 Å². The first-order valence-corrected chi connectivity index (χ1v) is 5.45. The Morgan fingerprint density at radius 2 is 2.07 bits per heavy atom. The topological polar surface area (TPSA) is 49.2 Å². The summed E-state index contributed by atoms with van der Waals surface area (Å²) in [6, 6.07) is 0. The number of hydrogen-bond acceptors (Lipinski definition) is 4. The van der Waals surface area contributed by atoms with Crippen molar-refractivity contribution >= 4 is 5.95 Å². The molecular formula is C11H17N3O. The van der Waals surface area contributed by atoms with Crippen LogP contribution < -0.4 is 4.90 Å². The van der Waals surface area contributed by atoms with Crippen molar-refractivity contribution in [3.63, 3.8) is 0 Å². The van der Waals surface area contributed by atoms with E-state index in [0.29, 0.717) is 0 Å². The molecule has 0 aliphatic carbocycles. The van der Waals surface area contributed by atoms with Gasteiger partial charge < -0.3 is 10.0 Å². The smallest absolute Gasteiger partial charge is 0.225 e. The molecule has 1 aliphatic rings. The van der Waals surface area contributed by atoms with Gasteiger partial charge in [-0.25, -0.2) is 9.97 Å². The quantitative estimate of drug-likeness (QED) is 0.797. The summed E-state index contributed by atoms with van der Waals surface area (Å²) in [5.41, 5.74) is 1.69. The highest BCUT2D eigenvalue weighted by atomic mass is 16.3. The fraction of sp³-hybridized carbons (Fsp3) is 0.636. The highest BCUT2D eigenvalue weighted by Gasteiger charge is 2.16. The molecule has 1 saturated heterocycles. The summed E-state index contributed by atoms with van der Waals surface area (Å²) in [6.45, 7) is 5.76. The maximum absolute atomic E-state index is 9.47. The molecule has 2 heterocycles. The Morgan fingerprint density at radius 1 is 1.40 bits per heavy atom. The van der Waals surface area contributed by atoms with E-state index in [9.17, 15) is 5.11 Å². The van der Waals surface area contributed by atoms with Gasteiger partial charge in [-0.3, -0.25) is 0 Å². The van der Waals surface area contributed by atoms with Gasteiger partial charge >= 0.3 is 0 Å². The van der Waals surface area contributed by atoms with E-state index in [0.717, 1.165) is 30.3 Å². The minimum atomic E-state index is -0.488. The van der Waals surface area contributed by atoms with Crippen LogP contribution in [0.1, 0.15) is 37.1 Å². The fourth-order valence-corrected chi connectivity index (χ4v) is 1.94. The number of aryl methyl sites for hydroxylation is 1. The van der Waals surface area contributed by atoms with Crippen molar-refractivity contribution in [2.24, 2.45) is 0 Å². The monoisotopic (exact) mass is 207 g/mol. The van der Waals surface area contributed by atoms with Crippen LogP contribution in [0.2, 0.25) is 0 Å². The van der Waals surface area contributed by atoms with Crippen LogP contribution in [0.4, 0.5) is 5.95 Å². The van der Waals surface area contributed by atoms with Crippen LogP contribution in [0.3, 0.4) is 0 Å². The van der Waals surface area contributed by atoms with Crippen LogP contribution in [0.15, 0.2) is 6.20 Å². The lowest BCUT2D eigenvalue weighted by atomic mass is 10.1. The van der Waals surface area contributed by atoms with Crippen molar-refractivity contribution in [2.75, 3.05) is 18.0 Å².